The van der Waals surface area contributed by atoms with Crippen molar-refractivity contribution in [2.45, 2.75) is 20.0 Å². The summed E-state index contributed by atoms with van der Waals surface area (Å²) in [6.07, 6.45) is 1.70. The van der Waals surface area contributed by atoms with Crippen LogP contribution in [0.3, 0.4) is 0 Å². The third-order valence-electron chi connectivity index (χ3n) is 3.09. The lowest BCUT2D eigenvalue weighted by Crippen LogP contribution is -2.32. The number of rotatable bonds is 4. The number of hydrogen-bond donors (Lipinski definition) is 1. The Morgan fingerprint density at radius 2 is 2.24 bits per heavy atom. The van der Waals surface area contributed by atoms with Gasteiger partial charge in [0.25, 0.3) is 0 Å². The summed E-state index contributed by atoms with van der Waals surface area (Å²) < 4.78 is 0. The highest BCUT2D eigenvalue weighted by Crippen LogP contribution is 2.20. The standard InChI is InChI=1S/C15H14ClN3O2/c1-10-14(7-17)12(6-15(20)19-10)8-18-21-9-11-2-4-13(16)5-3-11/h2-5,8,12H,6,9H2,1H3,(H,19,20)/b18-8-/t12-/m0/s1. The lowest BCUT2D eigenvalue weighted by Gasteiger charge is -2.19. The number of nitrogens with one attached hydrogen (secondary N) is 1. The van der Waals surface area contributed by atoms with Gasteiger partial charge in [-0.2, -0.15) is 5.26 Å². The fourth-order valence-corrected chi connectivity index (χ4v) is 2.14. The van der Waals surface area contributed by atoms with Crippen LogP contribution in [-0.2, 0) is 16.2 Å². The van der Waals surface area contributed by atoms with E-state index in [1.165, 1.54) is 6.21 Å². The highest BCUT2D eigenvalue weighted by atomic mass is 35.5. The molecule has 1 heterocycles. The summed E-state index contributed by atoms with van der Waals surface area (Å²) in [6, 6.07) is 9.33. The Morgan fingerprint density at radius 1 is 1.52 bits per heavy atom. The van der Waals surface area contributed by atoms with E-state index in [1.807, 2.05) is 12.1 Å². The molecule has 1 aromatic carbocycles. The molecule has 0 saturated carbocycles. The van der Waals surface area contributed by atoms with Crippen LogP contribution < -0.4 is 5.32 Å². The molecule has 2 rings (SSSR count). The molecule has 0 aliphatic carbocycles. The van der Waals surface area contributed by atoms with E-state index in [0.29, 0.717) is 22.9 Å². The number of benzene rings is 1. The van der Waals surface area contributed by atoms with Crippen molar-refractivity contribution < 1.29 is 9.63 Å². The minimum atomic E-state index is -0.339. The van der Waals surface area contributed by atoms with E-state index in [9.17, 15) is 4.79 Å². The molecule has 1 aromatic rings. The van der Waals surface area contributed by atoms with Gasteiger partial charge < -0.3 is 10.2 Å². The molecule has 0 unspecified atom stereocenters. The zero-order chi connectivity index (χ0) is 15.2. The highest BCUT2D eigenvalue weighted by molar-refractivity contribution is 6.30. The van der Waals surface area contributed by atoms with Crippen LogP contribution in [0.15, 0.2) is 40.7 Å². The van der Waals surface area contributed by atoms with Crippen molar-refractivity contribution in [1.29, 1.82) is 5.26 Å². The van der Waals surface area contributed by atoms with Crippen LogP contribution in [0.2, 0.25) is 5.02 Å². The van der Waals surface area contributed by atoms with E-state index < -0.39 is 0 Å². The number of nitriles is 1. The first-order valence-corrected chi connectivity index (χ1v) is 6.78. The second-order valence-corrected chi connectivity index (χ2v) is 5.10. The minimum absolute atomic E-state index is 0.124. The van der Waals surface area contributed by atoms with Crippen molar-refractivity contribution in [2.24, 2.45) is 11.1 Å². The SMILES string of the molecule is CC1=C(C#N)[C@H](/C=N\OCc2ccc(Cl)cc2)CC(=O)N1. The van der Waals surface area contributed by atoms with Gasteiger partial charge in [0, 0.05) is 23.1 Å². The largest absolute Gasteiger partial charge is 0.391 e. The van der Waals surface area contributed by atoms with Crippen LogP contribution in [0, 0.1) is 17.2 Å². The Balaban J connectivity index is 1.94. The van der Waals surface area contributed by atoms with Crippen LogP contribution in [0.1, 0.15) is 18.9 Å². The topological polar surface area (TPSA) is 74.5 Å². The van der Waals surface area contributed by atoms with Crippen molar-refractivity contribution in [3.8, 4) is 6.07 Å². The zero-order valence-electron chi connectivity index (χ0n) is 11.5. The summed E-state index contributed by atoms with van der Waals surface area (Å²) in [7, 11) is 0. The van der Waals surface area contributed by atoms with Gasteiger partial charge >= 0.3 is 0 Å². The van der Waals surface area contributed by atoms with Gasteiger partial charge in [0.2, 0.25) is 5.91 Å². The highest BCUT2D eigenvalue weighted by Gasteiger charge is 2.24. The molecule has 1 atom stereocenters. The fourth-order valence-electron chi connectivity index (χ4n) is 2.01. The summed E-state index contributed by atoms with van der Waals surface area (Å²) in [5.74, 6) is -0.463. The normalized spacial score (nSPS) is 18.5. The number of halogens is 1. The van der Waals surface area contributed by atoms with Gasteiger partial charge in [0.05, 0.1) is 17.9 Å². The van der Waals surface area contributed by atoms with Gasteiger partial charge in [-0.15, -0.1) is 0 Å². The number of hydrogen-bond acceptors (Lipinski definition) is 4. The average molecular weight is 304 g/mol. The van der Waals surface area contributed by atoms with E-state index in [0.717, 1.165) is 5.56 Å². The number of allylic oxidation sites excluding steroid dienone is 2. The summed E-state index contributed by atoms with van der Waals surface area (Å²) in [4.78, 5) is 16.7. The maximum Gasteiger partial charge on any atom is 0.225 e. The average Bonchev–Trinajstić information content (AvgIpc) is 2.45. The summed E-state index contributed by atoms with van der Waals surface area (Å²) in [6.45, 7) is 2.00. The van der Waals surface area contributed by atoms with Gasteiger partial charge in [-0.1, -0.05) is 28.9 Å². The van der Waals surface area contributed by atoms with E-state index in [4.69, 9.17) is 21.7 Å². The molecule has 0 saturated heterocycles. The summed E-state index contributed by atoms with van der Waals surface area (Å²) in [5, 5.41) is 16.3. The zero-order valence-corrected chi connectivity index (χ0v) is 12.2. The lowest BCUT2D eigenvalue weighted by atomic mass is 9.93. The molecular weight excluding hydrogens is 290 g/mol. The number of carbonyl (C=O) groups is 1. The predicted molar refractivity (Wildman–Crippen MR) is 79.3 cm³/mol. The van der Waals surface area contributed by atoms with E-state index in [2.05, 4.69) is 16.5 Å². The van der Waals surface area contributed by atoms with Gasteiger partial charge in [0.15, 0.2) is 0 Å². The molecule has 0 fully saturated rings. The summed E-state index contributed by atoms with van der Waals surface area (Å²) in [5.41, 5.74) is 2.02. The van der Waals surface area contributed by atoms with E-state index in [1.54, 1.807) is 19.1 Å². The molecular formula is C15H14ClN3O2. The van der Waals surface area contributed by atoms with Crippen molar-refractivity contribution in [3.05, 3.63) is 46.1 Å². The second-order valence-electron chi connectivity index (χ2n) is 4.66. The molecule has 21 heavy (non-hydrogen) atoms. The monoisotopic (exact) mass is 303 g/mol. The quantitative estimate of drug-likeness (QED) is 0.686. The number of nitrogens with zero attached hydrogens (tertiary/aromatic N) is 2. The van der Waals surface area contributed by atoms with Gasteiger partial charge in [-0.05, 0) is 24.6 Å². The van der Waals surface area contributed by atoms with Gasteiger partial charge in [-0.25, -0.2) is 0 Å². The first-order chi connectivity index (χ1) is 10.1. The molecule has 0 spiro atoms. The summed E-state index contributed by atoms with van der Waals surface area (Å²) >= 11 is 5.79. The van der Waals surface area contributed by atoms with Gasteiger partial charge in [-0.3, -0.25) is 4.79 Å². The van der Waals surface area contributed by atoms with Crippen LogP contribution >= 0.6 is 11.6 Å². The van der Waals surface area contributed by atoms with Crippen molar-refractivity contribution in [1.82, 2.24) is 5.32 Å². The van der Waals surface area contributed by atoms with E-state index in [-0.39, 0.29) is 18.2 Å². The predicted octanol–water partition coefficient (Wildman–Crippen LogP) is 2.78. The molecule has 0 aromatic heterocycles. The Hall–Kier alpha value is -2.32. The molecule has 6 heteroatoms. The smallest absolute Gasteiger partial charge is 0.225 e. The molecule has 0 bridgehead atoms. The van der Waals surface area contributed by atoms with Crippen LogP contribution in [0.25, 0.3) is 0 Å². The fraction of sp³-hybridized carbons (Fsp3) is 0.267. The van der Waals surface area contributed by atoms with E-state index >= 15 is 0 Å². The molecule has 1 amide bonds. The molecule has 1 aliphatic rings. The second kappa shape index (κ2) is 6.91. The Bertz CT molecular complexity index is 629. The molecule has 1 N–H and O–H groups in total. The Morgan fingerprint density at radius 3 is 2.90 bits per heavy atom. The Labute approximate surface area is 127 Å². The first-order valence-electron chi connectivity index (χ1n) is 6.40. The van der Waals surface area contributed by atoms with Crippen LogP contribution in [0.5, 0.6) is 0 Å². The number of oxime groups is 1. The maximum atomic E-state index is 11.5. The van der Waals surface area contributed by atoms with Crippen LogP contribution in [0.4, 0.5) is 0 Å². The Kier molecular flexibility index (Phi) is 4.96. The van der Waals surface area contributed by atoms with Gasteiger partial charge in [0.1, 0.15) is 6.61 Å². The first kappa shape index (κ1) is 15.1. The number of carbonyl (C=O) groups excluding carboxylic acids is 1. The lowest BCUT2D eigenvalue weighted by molar-refractivity contribution is -0.121. The molecule has 108 valence electrons. The molecule has 0 radical (unpaired) electrons. The molecule has 1 aliphatic heterocycles. The minimum Gasteiger partial charge on any atom is -0.391 e. The van der Waals surface area contributed by atoms with Crippen molar-refractivity contribution in [2.75, 3.05) is 0 Å². The number of amides is 1. The van der Waals surface area contributed by atoms with Crippen LogP contribution in [-0.4, -0.2) is 12.1 Å². The van der Waals surface area contributed by atoms with Crippen molar-refractivity contribution >= 4 is 23.7 Å². The van der Waals surface area contributed by atoms with Crippen molar-refractivity contribution in [3.63, 3.8) is 0 Å². The maximum absolute atomic E-state index is 11.5. The molecule has 5 nitrogen and oxygen atoms in total. The third kappa shape index (κ3) is 4.07. The third-order valence-corrected chi connectivity index (χ3v) is 3.34.